The Hall–Kier alpha value is -0.0400. The van der Waals surface area contributed by atoms with Gasteiger partial charge >= 0.3 is 0 Å². The van der Waals surface area contributed by atoms with Crippen LogP contribution in [0.3, 0.4) is 0 Å². The minimum Gasteiger partial charge on any atom is -0.390 e. The van der Waals surface area contributed by atoms with Crippen LogP contribution in [0, 0.1) is 11.8 Å². The van der Waals surface area contributed by atoms with E-state index in [0.29, 0.717) is 11.8 Å². The van der Waals surface area contributed by atoms with E-state index in [2.05, 4.69) is 20.8 Å². The molecule has 2 unspecified atom stereocenters. The summed E-state index contributed by atoms with van der Waals surface area (Å²) in [6.45, 7) is 6.58. The summed E-state index contributed by atoms with van der Waals surface area (Å²) < 4.78 is 0. The van der Waals surface area contributed by atoms with E-state index in [4.69, 9.17) is 0 Å². The molecule has 1 heteroatoms. The lowest BCUT2D eigenvalue weighted by Crippen LogP contribution is -2.42. The van der Waals surface area contributed by atoms with Gasteiger partial charge in [-0.1, -0.05) is 33.6 Å². The molecule has 0 radical (unpaired) electrons. The monoisotopic (exact) mass is 170 g/mol. The predicted molar refractivity (Wildman–Crippen MR) is 52.0 cm³/mol. The summed E-state index contributed by atoms with van der Waals surface area (Å²) in [4.78, 5) is 0. The maximum atomic E-state index is 10.3. The van der Waals surface area contributed by atoms with Crippen molar-refractivity contribution in [1.82, 2.24) is 0 Å². The standard InChI is InChI=1S/C11H22O/c1-4-11(12)8-6-5-7-10(11)9(2)3/h9-10,12H,4-8H2,1-3H3. The molecule has 1 fully saturated rings. The third kappa shape index (κ3) is 1.82. The first kappa shape index (κ1) is 10.0. The summed E-state index contributed by atoms with van der Waals surface area (Å²) >= 11 is 0. The molecule has 2 atom stereocenters. The first-order valence-electron chi connectivity index (χ1n) is 5.32. The van der Waals surface area contributed by atoms with Crippen molar-refractivity contribution in [3.8, 4) is 0 Å². The van der Waals surface area contributed by atoms with E-state index < -0.39 is 0 Å². The number of hydrogen-bond donors (Lipinski definition) is 1. The third-order valence-corrected chi connectivity index (χ3v) is 3.48. The molecule has 0 spiro atoms. The van der Waals surface area contributed by atoms with Crippen LogP contribution in [0.25, 0.3) is 0 Å². The van der Waals surface area contributed by atoms with E-state index in [-0.39, 0.29) is 5.60 Å². The van der Waals surface area contributed by atoms with Crippen LogP contribution in [0.15, 0.2) is 0 Å². The van der Waals surface area contributed by atoms with Crippen LogP contribution in [-0.2, 0) is 0 Å². The van der Waals surface area contributed by atoms with Gasteiger partial charge < -0.3 is 5.11 Å². The molecule has 1 nitrogen and oxygen atoms in total. The van der Waals surface area contributed by atoms with Gasteiger partial charge in [0.2, 0.25) is 0 Å². The minimum atomic E-state index is -0.341. The largest absolute Gasteiger partial charge is 0.390 e. The van der Waals surface area contributed by atoms with Crippen molar-refractivity contribution in [2.24, 2.45) is 11.8 Å². The second-order valence-electron chi connectivity index (χ2n) is 4.55. The Bertz CT molecular complexity index is 142. The molecule has 1 saturated carbocycles. The van der Waals surface area contributed by atoms with E-state index >= 15 is 0 Å². The van der Waals surface area contributed by atoms with Crippen LogP contribution in [-0.4, -0.2) is 10.7 Å². The zero-order valence-corrected chi connectivity index (χ0v) is 8.64. The topological polar surface area (TPSA) is 20.2 Å². The minimum absolute atomic E-state index is 0.341. The zero-order chi connectivity index (χ0) is 9.19. The molecule has 0 saturated heterocycles. The van der Waals surface area contributed by atoms with Gasteiger partial charge in [0.05, 0.1) is 5.60 Å². The first-order valence-corrected chi connectivity index (χ1v) is 5.32. The molecule has 1 aliphatic rings. The maximum Gasteiger partial charge on any atom is 0.0675 e. The van der Waals surface area contributed by atoms with Gasteiger partial charge in [0.25, 0.3) is 0 Å². The van der Waals surface area contributed by atoms with E-state index in [1.54, 1.807) is 0 Å². The van der Waals surface area contributed by atoms with Crippen LogP contribution in [0.1, 0.15) is 52.9 Å². The fourth-order valence-electron chi connectivity index (χ4n) is 2.64. The fourth-order valence-corrected chi connectivity index (χ4v) is 2.64. The van der Waals surface area contributed by atoms with Crippen LogP contribution in [0.4, 0.5) is 0 Å². The average molecular weight is 170 g/mol. The molecule has 1 N–H and O–H groups in total. The fraction of sp³-hybridized carbons (Fsp3) is 1.00. The van der Waals surface area contributed by atoms with Gasteiger partial charge in [-0.25, -0.2) is 0 Å². The van der Waals surface area contributed by atoms with Gasteiger partial charge in [-0.15, -0.1) is 0 Å². The molecule has 0 amide bonds. The molecule has 0 aliphatic heterocycles. The van der Waals surface area contributed by atoms with Crippen molar-refractivity contribution in [2.75, 3.05) is 0 Å². The third-order valence-electron chi connectivity index (χ3n) is 3.48. The van der Waals surface area contributed by atoms with Crippen LogP contribution < -0.4 is 0 Å². The summed E-state index contributed by atoms with van der Waals surface area (Å²) in [7, 11) is 0. The van der Waals surface area contributed by atoms with Crippen molar-refractivity contribution >= 4 is 0 Å². The Kier molecular flexibility index (Phi) is 3.16. The highest BCUT2D eigenvalue weighted by Gasteiger charge is 2.38. The van der Waals surface area contributed by atoms with Gasteiger partial charge in [0.15, 0.2) is 0 Å². The van der Waals surface area contributed by atoms with Crippen LogP contribution in [0.5, 0.6) is 0 Å². The van der Waals surface area contributed by atoms with E-state index in [1.807, 2.05) is 0 Å². The van der Waals surface area contributed by atoms with Crippen LogP contribution in [0.2, 0.25) is 0 Å². The van der Waals surface area contributed by atoms with E-state index in [1.165, 1.54) is 19.3 Å². The van der Waals surface area contributed by atoms with Crippen molar-refractivity contribution < 1.29 is 5.11 Å². The molecule has 12 heavy (non-hydrogen) atoms. The van der Waals surface area contributed by atoms with Gasteiger partial charge in [-0.05, 0) is 31.1 Å². The van der Waals surface area contributed by atoms with Crippen molar-refractivity contribution in [1.29, 1.82) is 0 Å². The van der Waals surface area contributed by atoms with Gasteiger partial charge in [0, 0.05) is 0 Å². The molecule has 0 heterocycles. The molecule has 0 aromatic rings. The lowest BCUT2D eigenvalue weighted by molar-refractivity contribution is -0.0684. The van der Waals surface area contributed by atoms with E-state index in [9.17, 15) is 5.11 Å². The molecule has 72 valence electrons. The summed E-state index contributed by atoms with van der Waals surface area (Å²) in [5.41, 5.74) is -0.341. The maximum absolute atomic E-state index is 10.3. The smallest absolute Gasteiger partial charge is 0.0675 e. The number of aliphatic hydroxyl groups is 1. The molecular formula is C11H22O. The molecule has 1 aliphatic carbocycles. The summed E-state index contributed by atoms with van der Waals surface area (Å²) in [6.07, 6.45) is 5.70. The number of rotatable bonds is 2. The predicted octanol–water partition coefficient (Wildman–Crippen LogP) is 2.97. The Morgan fingerprint density at radius 2 is 2.08 bits per heavy atom. The highest BCUT2D eigenvalue weighted by molar-refractivity contribution is 4.90. The van der Waals surface area contributed by atoms with Gasteiger partial charge in [0.1, 0.15) is 0 Å². The molecule has 0 aromatic carbocycles. The summed E-state index contributed by atoms with van der Waals surface area (Å²) in [5.74, 6) is 1.17. The first-order chi connectivity index (χ1) is 5.60. The molecule has 0 bridgehead atoms. The van der Waals surface area contributed by atoms with Gasteiger partial charge in [-0.2, -0.15) is 0 Å². The second-order valence-corrected chi connectivity index (χ2v) is 4.55. The summed E-state index contributed by atoms with van der Waals surface area (Å²) in [5, 5.41) is 10.3. The lowest BCUT2D eigenvalue weighted by atomic mass is 9.69. The van der Waals surface area contributed by atoms with Crippen molar-refractivity contribution in [3.63, 3.8) is 0 Å². The van der Waals surface area contributed by atoms with Crippen molar-refractivity contribution in [2.45, 2.75) is 58.5 Å². The van der Waals surface area contributed by atoms with Crippen molar-refractivity contribution in [3.05, 3.63) is 0 Å². The normalized spacial score (nSPS) is 37.2. The average Bonchev–Trinajstić information content (AvgIpc) is 2.05. The number of hydrogen-bond acceptors (Lipinski definition) is 1. The SMILES string of the molecule is CCC1(O)CCCCC1C(C)C. The van der Waals surface area contributed by atoms with E-state index in [0.717, 1.165) is 12.8 Å². The Morgan fingerprint density at radius 3 is 2.50 bits per heavy atom. The van der Waals surface area contributed by atoms with Gasteiger partial charge in [-0.3, -0.25) is 0 Å². The molecule has 0 aromatic heterocycles. The quantitative estimate of drug-likeness (QED) is 0.675. The Balaban J connectivity index is 2.66. The zero-order valence-electron chi connectivity index (χ0n) is 8.64. The molecule has 1 rings (SSSR count). The summed E-state index contributed by atoms with van der Waals surface area (Å²) in [6, 6.07) is 0. The Morgan fingerprint density at radius 1 is 1.42 bits per heavy atom. The second kappa shape index (κ2) is 3.78. The highest BCUT2D eigenvalue weighted by Crippen LogP contribution is 2.40. The lowest BCUT2D eigenvalue weighted by Gasteiger charge is -2.41. The highest BCUT2D eigenvalue weighted by atomic mass is 16.3. The molecular weight excluding hydrogens is 148 g/mol. The Labute approximate surface area is 76.2 Å². The van der Waals surface area contributed by atoms with Crippen LogP contribution >= 0.6 is 0 Å².